The second-order valence-electron chi connectivity index (χ2n) is 10.7. The maximum Gasteiger partial charge on any atom is 0.256 e. The standard InChI is InChI=1S/C35H28FN7O2/c1-22-17-38-34(44)29-20-40-43-21-30(32(42-33(29)43)37-18-26-16-27(36)19-39-35(26)45-22)23-12-14-28(15-13-23)41-31(24-8-4-2-5-9-24)25-10-6-3-7-11-25/h2-16,19-22H,17-18H2,1H3,(H,37,42)(H,38,44)/t22-/m0/s1. The highest BCUT2D eigenvalue weighted by Gasteiger charge is 2.21. The summed E-state index contributed by atoms with van der Waals surface area (Å²) >= 11 is 0. The van der Waals surface area contributed by atoms with Gasteiger partial charge in [0.15, 0.2) is 5.65 Å². The molecule has 2 bridgehead atoms. The molecule has 0 saturated carbocycles. The number of fused-ring (bicyclic) bond motifs is 2. The largest absolute Gasteiger partial charge is 0.473 e. The van der Waals surface area contributed by atoms with Crippen molar-refractivity contribution in [1.82, 2.24) is 24.9 Å². The molecule has 2 N–H and O–H groups in total. The molecule has 0 spiro atoms. The van der Waals surface area contributed by atoms with Crippen LogP contribution in [-0.2, 0) is 6.54 Å². The van der Waals surface area contributed by atoms with E-state index in [-0.39, 0.29) is 24.9 Å². The molecule has 0 unspecified atom stereocenters. The monoisotopic (exact) mass is 597 g/mol. The molecule has 45 heavy (non-hydrogen) atoms. The third-order valence-corrected chi connectivity index (χ3v) is 7.45. The van der Waals surface area contributed by atoms with Gasteiger partial charge in [0.25, 0.3) is 5.91 Å². The number of aromatic nitrogens is 4. The summed E-state index contributed by atoms with van der Waals surface area (Å²) < 4.78 is 21.8. The second kappa shape index (κ2) is 12.0. The van der Waals surface area contributed by atoms with Crippen LogP contribution in [-0.4, -0.2) is 43.8 Å². The van der Waals surface area contributed by atoms with Crippen LogP contribution in [0, 0.1) is 5.82 Å². The van der Waals surface area contributed by atoms with Crippen molar-refractivity contribution < 1.29 is 13.9 Å². The van der Waals surface area contributed by atoms with Crippen molar-refractivity contribution in [2.45, 2.75) is 19.6 Å². The Bertz CT molecular complexity index is 1990. The summed E-state index contributed by atoms with van der Waals surface area (Å²) in [5.74, 6) is -0.0314. The minimum absolute atomic E-state index is 0.188. The fraction of sp³-hybridized carbons (Fsp3) is 0.114. The van der Waals surface area contributed by atoms with Crippen molar-refractivity contribution in [2.75, 3.05) is 11.9 Å². The molecule has 4 heterocycles. The van der Waals surface area contributed by atoms with Crippen LogP contribution in [0.4, 0.5) is 15.9 Å². The number of aliphatic imine (C=N–C) groups is 1. The van der Waals surface area contributed by atoms with Gasteiger partial charge in [-0.25, -0.2) is 23.9 Å². The van der Waals surface area contributed by atoms with Gasteiger partial charge in [-0.3, -0.25) is 4.79 Å². The third kappa shape index (κ3) is 5.85. The molecular weight excluding hydrogens is 569 g/mol. The fourth-order valence-corrected chi connectivity index (χ4v) is 5.19. The van der Waals surface area contributed by atoms with E-state index in [1.54, 1.807) is 4.52 Å². The number of hydrogen-bond donors (Lipinski definition) is 2. The van der Waals surface area contributed by atoms with Crippen LogP contribution in [0.5, 0.6) is 5.88 Å². The molecule has 3 aromatic heterocycles. The molecule has 222 valence electrons. The smallest absolute Gasteiger partial charge is 0.256 e. The van der Waals surface area contributed by atoms with Gasteiger partial charge in [0.2, 0.25) is 5.88 Å². The SMILES string of the molecule is C[C@H]1CNC(=O)c2cnn3cc(-c4ccc(N=C(c5ccccc5)c5ccccc5)cc4)c(nc23)NCc2cc(F)cnc2O1. The number of nitrogens with zero attached hydrogens (tertiary/aromatic N) is 5. The maximum atomic E-state index is 14.2. The molecule has 1 aliphatic rings. The number of carbonyl (C=O) groups is 1. The highest BCUT2D eigenvalue weighted by molar-refractivity contribution is 6.14. The van der Waals surface area contributed by atoms with E-state index in [2.05, 4.69) is 20.7 Å². The van der Waals surface area contributed by atoms with Gasteiger partial charge in [0.1, 0.15) is 23.3 Å². The van der Waals surface area contributed by atoms with Crippen LogP contribution in [0.25, 0.3) is 16.8 Å². The number of hydrogen-bond acceptors (Lipinski definition) is 7. The highest BCUT2D eigenvalue weighted by Crippen LogP contribution is 2.31. The predicted octanol–water partition coefficient (Wildman–Crippen LogP) is 6.22. The first-order valence-electron chi connectivity index (χ1n) is 14.5. The molecule has 0 fully saturated rings. The van der Waals surface area contributed by atoms with Gasteiger partial charge in [-0.15, -0.1) is 0 Å². The van der Waals surface area contributed by atoms with Gasteiger partial charge >= 0.3 is 0 Å². The number of rotatable bonds is 4. The van der Waals surface area contributed by atoms with Crippen LogP contribution in [0.15, 0.2) is 115 Å². The Labute approximate surface area is 258 Å². The molecule has 1 atom stereocenters. The quantitative estimate of drug-likeness (QED) is 0.234. The minimum atomic E-state index is -0.479. The number of amides is 1. The summed E-state index contributed by atoms with van der Waals surface area (Å²) in [5, 5.41) is 10.6. The highest BCUT2D eigenvalue weighted by atomic mass is 19.1. The van der Waals surface area contributed by atoms with Crippen molar-refractivity contribution >= 4 is 28.8 Å². The van der Waals surface area contributed by atoms with E-state index in [4.69, 9.17) is 14.7 Å². The van der Waals surface area contributed by atoms with Gasteiger partial charge in [-0.05, 0) is 30.7 Å². The molecule has 1 amide bonds. The van der Waals surface area contributed by atoms with E-state index in [9.17, 15) is 9.18 Å². The van der Waals surface area contributed by atoms with Gasteiger partial charge in [-0.2, -0.15) is 5.10 Å². The first-order valence-corrected chi connectivity index (χ1v) is 14.5. The Morgan fingerprint density at radius 2 is 1.64 bits per heavy atom. The summed E-state index contributed by atoms with van der Waals surface area (Å²) in [6.45, 7) is 2.22. The maximum absolute atomic E-state index is 14.2. The Morgan fingerprint density at radius 1 is 0.933 bits per heavy atom. The van der Waals surface area contributed by atoms with E-state index in [0.29, 0.717) is 22.6 Å². The van der Waals surface area contributed by atoms with Gasteiger partial charge in [0, 0.05) is 35.0 Å². The number of anilines is 1. The van der Waals surface area contributed by atoms with E-state index < -0.39 is 11.9 Å². The Kier molecular flexibility index (Phi) is 7.44. The van der Waals surface area contributed by atoms with Crippen LogP contribution in [0.3, 0.4) is 0 Å². The number of benzene rings is 3. The lowest BCUT2D eigenvalue weighted by Crippen LogP contribution is -2.33. The molecule has 0 saturated heterocycles. The Balaban J connectivity index is 1.29. The fourth-order valence-electron chi connectivity index (χ4n) is 5.19. The Morgan fingerprint density at radius 3 is 2.36 bits per heavy atom. The molecule has 1 aliphatic heterocycles. The molecular formula is C35H28FN7O2. The number of nitrogens with one attached hydrogen (secondary N) is 2. The molecule has 0 aliphatic carbocycles. The van der Waals surface area contributed by atoms with Crippen molar-refractivity contribution in [3.63, 3.8) is 0 Å². The van der Waals surface area contributed by atoms with Crippen molar-refractivity contribution in [3.8, 4) is 17.0 Å². The first kappa shape index (κ1) is 27.9. The summed E-state index contributed by atoms with van der Waals surface area (Å²) in [6, 6.07) is 29.4. The molecule has 9 nitrogen and oxygen atoms in total. The van der Waals surface area contributed by atoms with E-state index in [1.165, 1.54) is 12.3 Å². The number of ether oxygens (including phenoxy) is 1. The van der Waals surface area contributed by atoms with E-state index >= 15 is 0 Å². The normalized spacial score (nSPS) is 14.6. The Hall–Kier alpha value is -5.90. The van der Waals surface area contributed by atoms with E-state index in [1.807, 2.05) is 98.0 Å². The van der Waals surface area contributed by atoms with Crippen molar-refractivity contribution in [3.05, 3.63) is 138 Å². The van der Waals surface area contributed by atoms with Crippen LogP contribution < -0.4 is 15.4 Å². The number of pyridine rings is 1. The zero-order valence-electron chi connectivity index (χ0n) is 24.3. The average Bonchev–Trinajstić information content (AvgIpc) is 3.49. The lowest BCUT2D eigenvalue weighted by atomic mass is 10.0. The molecule has 3 aromatic carbocycles. The molecule has 0 radical (unpaired) electrons. The van der Waals surface area contributed by atoms with Gasteiger partial charge in [-0.1, -0.05) is 72.8 Å². The summed E-state index contributed by atoms with van der Waals surface area (Å²) in [4.78, 5) is 27.1. The first-order chi connectivity index (χ1) is 22.0. The molecule has 10 heteroatoms. The minimum Gasteiger partial charge on any atom is -0.473 e. The zero-order chi connectivity index (χ0) is 30.8. The lowest BCUT2D eigenvalue weighted by molar-refractivity contribution is 0.0932. The third-order valence-electron chi connectivity index (χ3n) is 7.45. The van der Waals surface area contributed by atoms with Crippen LogP contribution >= 0.6 is 0 Å². The molecule has 6 aromatic rings. The summed E-state index contributed by atoms with van der Waals surface area (Å²) in [6.07, 6.45) is 4.02. The van der Waals surface area contributed by atoms with Crippen molar-refractivity contribution in [2.24, 2.45) is 4.99 Å². The van der Waals surface area contributed by atoms with Gasteiger partial charge in [0.05, 0.1) is 30.3 Å². The van der Waals surface area contributed by atoms with Crippen LogP contribution in [0.2, 0.25) is 0 Å². The predicted molar refractivity (Wildman–Crippen MR) is 171 cm³/mol. The molecule has 7 rings (SSSR count). The van der Waals surface area contributed by atoms with Crippen molar-refractivity contribution in [1.29, 1.82) is 0 Å². The summed E-state index contributed by atoms with van der Waals surface area (Å²) in [5.41, 5.74) is 6.50. The van der Waals surface area contributed by atoms with Gasteiger partial charge < -0.3 is 15.4 Å². The second-order valence-corrected chi connectivity index (χ2v) is 10.7. The average molecular weight is 598 g/mol. The lowest BCUT2D eigenvalue weighted by Gasteiger charge is -2.17. The van der Waals surface area contributed by atoms with Crippen LogP contribution in [0.1, 0.15) is 34.0 Å². The van der Waals surface area contributed by atoms with E-state index in [0.717, 1.165) is 39.8 Å². The topological polar surface area (TPSA) is 106 Å². The number of halogens is 1. The zero-order valence-corrected chi connectivity index (χ0v) is 24.3. The summed E-state index contributed by atoms with van der Waals surface area (Å²) in [7, 11) is 0. The number of carbonyl (C=O) groups excluding carboxylic acids is 1.